The summed E-state index contributed by atoms with van der Waals surface area (Å²) in [4.78, 5) is 20.2. The summed E-state index contributed by atoms with van der Waals surface area (Å²) in [6.45, 7) is 5.48. The third-order valence-electron chi connectivity index (χ3n) is 4.55. The van der Waals surface area contributed by atoms with E-state index in [1.54, 1.807) is 19.0 Å². The van der Waals surface area contributed by atoms with Crippen molar-refractivity contribution in [2.45, 2.75) is 39.0 Å². The van der Waals surface area contributed by atoms with Gasteiger partial charge in [-0.3, -0.25) is 4.79 Å². The van der Waals surface area contributed by atoms with Crippen molar-refractivity contribution in [2.75, 3.05) is 40.3 Å². The third-order valence-corrected chi connectivity index (χ3v) is 4.55. The lowest BCUT2D eigenvalue weighted by Gasteiger charge is -2.38. The minimum Gasteiger partial charge on any atom is -0.356 e. The van der Waals surface area contributed by atoms with Gasteiger partial charge in [-0.1, -0.05) is 13.3 Å². The van der Waals surface area contributed by atoms with Crippen LogP contribution in [-0.2, 0) is 4.79 Å². The summed E-state index contributed by atoms with van der Waals surface area (Å²) in [5.74, 6) is 0.976. The van der Waals surface area contributed by atoms with Crippen LogP contribution >= 0.6 is 0 Å². The minimum atomic E-state index is 0.0540. The number of nitrogens with zero attached hydrogens (tertiary/aromatic N) is 3. The number of amides is 1. The first kappa shape index (κ1) is 15.1. The highest BCUT2D eigenvalue weighted by Gasteiger charge is 2.43. The molecule has 1 heterocycles. The zero-order valence-electron chi connectivity index (χ0n) is 13.1. The molecule has 2 fully saturated rings. The maximum absolute atomic E-state index is 11.7. The fourth-order valence-corrected chi connectivity index (χ4v) is 2.99. The molecule has 0 unspecified atom stereocenters. The van der Waals surface area contributed by atoms with E-state index in [-0.39, 0.29) is 12.5 Å². The van der Waals surface area contributed by atoms with Crippen LogP contribution in [0.3, 0.4) is 0 Å². The average Bonchev–Trinajstić information content (AvgIpc) is 2.83. The largest absolute Gasteiger partial charge is 0.356 e. The fraction of sp³-hybridized carbons (Fsp3) is 0.867. The van der Waals surface area contributed by atoms with E-state index in [1.807, 2.05) is 0 Å². The maximum atomic E-state index is 11.7. The van der Waals surface area contributed by atoms with Gasteiger partial charge in [0.2, 0.25) is 5.91 Å². The van der Waals surface area contributed by atoms with Crippen molar-refractivity contribution in [1.82, 2.24) is 15.1 Å². The van der Waals surface area contributed by atoms with E-state index in [2.05, 4.69) is 22.1 Å². The number of hydrogen-bond acceptors (Lipinski definition) is 2. The van der Waals surface area contributed by atoms with Crippen molar-refractivity contribution in [3.63, 3.8) is 0 Å². The molecule has 2 rings (SSSR count). The summed E-state index contributed by atoms with van der Waals surface area (Å²) in [5.41, 5.74) is 0.556. The molecule has 1 N–H and O–H groups in total. The minimum absolute atomic E-state index is 0.0540. The molecule has 5 nitrogen and oxygen atoms in total. The predicted molar refractivity (Wildman–Crippen MR) is 81.8 cm³/mol. The van der Waals surface area contributed by atoms with Gasteiger partial charge in [0.25, 0.3) is 0 Å². The molecule has 0 aromatic heterocycles. The first-order valence-electron chi connectivity index (χ1n) is 7.80. The van der Waals surface area contributed by atoms with Crippen molar-refractivity contribution in [1.29, 1.82) is 0 Å². The van der Waals surface area contributed by atoms with Crippen LogP contribution < -0.4 is 5.32 Å². The Kier molecular flexibility index (Phi) is 4.89. The van der Waals surface area contributed by atoms with Gasteiger partial charge in [-0.2, -0.15) is 0 Å². The first-order valence-corrected chi connectivity index (χ1v) is 7.80. The second kappa shape index (κ2) is 6.46. The van der Waals surface area contributed by atoms with Gasteiger partial charge in [-0.05, 0) is 31.1 Å². The van der Waals surface area contributed by atoms with Crippen molar-refractivity contribution in [3.05, 3.63) is 0 Å². The molecule has 1 amide bonds. The molecule has 0 aromatic rings. The normalized spacial score (nSPS) is 20.9. The standard InChI is InChI=1S/C15H28N4O/c1-4-9-16-14(17-11-13(20)18(2)3)19-10-8-15(12-19)6-5-7-15/h4-12H2,1-3H3,(H,16,17). The molecule has 0 atom stereocenters. The van der Waals surface area contributed by atoms with Gasteiger partial charge in [0.05, 0.1) is 0 Å². The van der Waals surface area contributed by atoms with E-state index in [9.17, 15) is 4.79 Å². The Bertz CT molecular complexity index is 374. The van der Waals surface area contributed by atoms with Gasteiger partial charge in [0.1, 0.15) is 6.54 Å². The quantitative estimate of drug-likeness (QED) is 0.624. The molecule has 0 radical (unpaired) electrons. The molecule has 1 spiro atoms. The van der Waals surface area contributed by atoms with Crippen LogP contribution in [0.25, 0.3) is 0 Å². The number of hydrogen-bond donors (Lipinski definition) is 1. The second-order valence-corrected chi connectivity index (χ2v) is 6.38. The number of rotatable bonds is 4. The van der Waals surface area contributed by atoms with Crippen LogP contribution in [0.5, 0.6) is 0 Å². The van der Waals surface area contributed by atoms with Gasteiger partial charge >= 0.3 is 0 Å². The molecule has 1 saturated heterocycles. The topological polar surface area (TPSA) is 47.9 Å². The molecule has 0 bridgehead atoms. The zero-order chi connectivity index (χ0) is 14.6. The Morgan fingerprint density at radius 3 is 2.60 bits per heavy atom. The van der Waals surface area contributed by atoms with Crippen LogP contribution in [0.1, 0.15) is 39.0 Å². The highest BCUT2D eigenvalue weighted by atomic mass is 16.2. The number of guanidine groups is 1. The van der Waals surface area contributed by atoms with Crippen molar-refractivity contribution in [2.24, 2.45) is 10.4 Å². The number of aliphatic imine (C=N–C) groups is 1. The van der Waals surface area contributed by atoms with Gasteiger partial charge in [-0.25, -0.2) is 4.99 Å². The van der Waals surface area contributed by atoms with E-state index in [1.165, 1.54) is 25.7 Å². The van der Waals surface area contributed by atoms with Crippen LogP contribution in [0, 0.1) is 5.41 Å². The van der Waals surface area contributed by atoms with Crippen LogP contribution in [0.4, 0.5) is 0 Å². The summed E-state index contributed by atoms with van der Waals surface area (Å²) < 4.78 is 0. The zero-order valence-corrected chi connectivity index (χ0v) is 13.1. The van der Waals surface area contributed by atoms with Crippen LogP contribution in [0.2, 0.25) is 0 Å². The summed E-state index contributed by atoms with van der Waals surface area (Å²) >= 11 is 0. The number of likely N-dealkylation sites (N-methyl/N-ethyl adjacent to an activating group) is 1. The monoisotopic (exact) mass is 280 g/mol. The Balaban J connectivity index is 1.96. The van der Waals surface area contributed by atoms with Crippen molar-refractivity contribution < 1.29 is 4.79 Å². The Hall–Kier alpha value is -1.26. The Morgan fingerprint density at radius 1 is 1.35 bits per heavy atom. The van der Waals surface area contributed by atoms with Gasteiger partial charge < -0.3 is 15.1 Å². The maximum Gasteiger partial charge on any atom is 0.243 e. The number of carbonyl (C=O) groups excluding carboxylic acids is 1. The molecule has 0 aromatic carbocycles. The molecular weight excluding hydrogens is 252 g/mol. The summed E-state index contributed by atoms with van der Waals surface area (Å²) in [5, 5.41) is 3.40. The third kappa shape index (κ3) is 3.44. The van der Waals surface area contributed by atoms with Crippen LogP contribution in [-0.4, -0.2) is 61.9 Å². The molecule has 2 aliphatic rings. The highest BCUT2D eigenvalue weighted by molar-refractivity contribution is 5.85. The lowest BCUT2D eigenvalue weighted by atomic mass is 9.68. The summed E-state index contributed by atoms with van der Waals surface area (Å²) in [6.07, 6.45) is 6.45. The Morgan fingerprint density at radius 2 is 2.10 bits per heavy atom. The summed E-state index contributed by atoms with van der Waals surface area (Å²) in [7, 11) is 3.55. The number of nitrogens with one attached hydrogen (secondary N) is 1. The molecule has 114 valence electrons. The smallest absolute Gasteiger partial charge is 0.243 e. The summed E-state index contributed by atoms with van der Waals surface area (Å²) in [6, 6.07) is 0. The molecule has 1 saturated carbocycles. The molecular formula is C15H28N4O. The number of likely N-dealkylation sites (tertiary alicyclic amines) is 1. The van der Waals surface area contributed by atoms with Gasteiger partial charge in [0.15, 0.2) is 5.96 Å². The van der Waals surface area contributed by atoms with E-state index in [4.69, 9.17) is 0 Å². The van der Waals surface area contributed by atoms with E-state index in [0.717, 1.165) is 32.0 Å². The highest BCUT2D eigenvalue weighted by Crippen LogP contribution is 2.47. The molecule has 20 heavy (non-hydrogen) atoms. The Labute approximate surface area is 122 Å². The fourth-order valence-electron chi connectivity index (χ4n) is 2.99. The second-order valence-electron chi connectivity index (χ2n) is 6.38. The lowest BCUT2D eigenvalue weighted by Crippen LogP contribution is -2.43. The van der Waals surface area contributed by atoms with Gasteiger partial charge in [0, 0.05) is 33.7 Å². The van der Waals surface area contributed by atoms with Crippen molar-refractivity contribution in [3.8, 4) is 0 Å². The lowest BCUT2D eigenvalue weighted by molar-refractivity contribution is -0.127. The van der Waals surface area contributed by atoms with Crippen LogP contribution in [0.15, 0.2) is 4.99 Å². The molecule has 5 heteroatoms. The molecule has 1 aliphatic heterocycles. The van der Waals surface area contributed by atoms with Gasteiger partial charge in [-0.15, -0.1) is 0 Å². The SMILES string of the molecule is CCCNC(=NCC(=O)N(C)C)N1CCC2(CCC2)C1. The predicted octanol–water partition coefficient (Wildman–Crippen LogP) is 1.31. The van der Waals surface area contributed by atoms with E-state index < -0.39 is 0 Å². The average molecular weight is 280 g/mol. The van der Waals surface area contributed by atoms with E-state index in [0.29, 0.717) is 5.41 Å². The number of carbonyl (C=O) groups is 1. The van der Waals surface area contributed by atoms with E-state index >= 15 is 0 Å². The van der Waals surface area contributed by atoms with Crippen molar-refractivity contribution >= 4 is 11.9 Å². The first-order chi connectivity index (χ1) is 9.56. The molecule has 1 aliphatic carbocycles.